The Bertz CT molecular complexity index is 598. The lowest BCUT2D eigenvalue weighted by molar-refractivity contribution is 0.00831. The predicted molar refractivity (Wildman–Crippen MR) is 89.6 cm³/mol. The van der Waals surface area contributed by atoms with E-state index in [9.17, 15) is 13.5 Å². The standard InChI is InChI=1S/C17H26N2O3S/c20-17-9-5-4-8-16(17)19-12-10-14(11-13-19)18-23(21,22)15-6-2-1-3-7-15/h1-3,6-7,14,16-18,20H,4-5,8-13H2. The van der Waals surface area contributed by atoms with E-state index in [4.69, 9.17) is 0 Å². The molecule has 2 fully saturated rings. The molecule has 2 unspecified atom stereocenters. The number of hydrogen-bond donors (Lipinski definition) is 2. The van der Waals surface area contributed by atoms with E-state index in [1.165, 1.54) is 6.42 Å². The van der Waals surface area contributed by atoms with Crippen LogP contribution in [0.5, 0.6) is 0 Å². The first kappa shape index (κ1) is 16.9. The first-order valence-corrected chi connectivity index (χ1v) is 10.0. The Morgan fingerprint density at radius 2 is 1.65 bits per heavy atom. The van der Waals surface area contributed by atoms with Crippen LogP contribution in [0.15, 0.2) is 35.2 Å². The van der Waals surface area contributed by atoms with Gasteiger partial charge in [-0.25, -0.2) is 13.1 Å². The number of sulfonamides is 1. The van der Waals surface area contributed by atoms with Crippen molar-refractivity contribution < 1.29 is 13.5 Å². The van der Waals surface area contributed by atoms with E-state index >= 15 is 0 Å². The molecule has 0 spiro atoms. The van der Waals surface area contributed by atoms with Crippen LogP contribution in [0, 0.1) is 0 Å². The number of piperidine rings is 1. The zero-order valence-electron chi connectivity index (χ0n) is 13.4. The number of hydrogen-bond acceptors (Lipinski definition) is 4. The molecule has 3 rings (SSSR count). The number of aliphatic hydroxyl groups is 1. The van der Waals surface area contributed by atoms with E-state index in [0.717, 1.165) is 45.2 Å². The van der Waals surface area contributed by atoms with Gasteiger partial charge in [-0.15, -0.1) is 0 Å². The summed E-state index contributed by atoms with van der Waals surface area (Å²) in [6.07, 6.45) is 5.63. The number of nitrogens with one attached hydrogen (secondary N) is 1. The number of aliphatic hydroxyl groups excluding tert-OH is 1. The van der Waals surface area contributed by atoms with Crippen LogP contribution in [0.4, 0.5) is 0 Å². The van der Waals surface area contributed by atoms with Crippen LogP contribution in [0.25, 0.3) is 0 Å². The minimum atomic E-state index is -3.43. The molecule has 1 heterocycles. The summed E-state index contributed by atoms with van der Waals surface area (Å²) < 4.78 is 27.6. The van der Waals surface area contributed by atoms with Gasteiger partial charge in [0.05, 0.1) is 11.0 Å². The molecule has 2 aliphatic rings. The van der Waals surface area contributed by atoms with Crippen LogP contribution in [-0.2, 0) is 10.0 Å². The van der Waals surface area contributed by atoms with Gasteiger partial charge in [-0.2, -0.15) is 0 Å². The zero-order chi connectivity index (χ0) is 16.3. The molecule has 0 amide bonds. The van der Waals surface area contributed by atoms with E-state index in [-0.39, 0.29) is 18.2 Å². The van der Waals surface area contributed by atoms with E-state index in [0.29, 0.717) is 4.90 Å². The molecule has 1 aromatic carbocycles. The van der Waals surface area contributed by atoms with E-state index < -0.39 is 10.0 Å². The molecule has 1 saturated heterocycles. The number of nitrogens with zero attached hydrogens (tertiary/aromatic N) is 1. The quantitative estimate of drug-likeness (QED) is 0.877. The van der Waals surface area contributed by atoms with Crippen molar-refractivity contribution in [2.24, 2.45) is 0 Å². The Morgan fingerprint density at radius 3 is 2.30 bits per heavy atom. The fraction of sp³-hybridized carbons (Fsp3) is 0.647. The fourth-order valence-corrected chi connectivity index (χ4v) is 5.08. The molecule has 2 atom stereocenters. The normalized spacial score (nSPS) is 27.9. The van der Waals surface area contributed by atoms with Crippen LogP contribution >= 0.6 is 0 Å². The molecule has 5 nitrogen and oxygen atoms in total. The molecular weight excluding hydrogens is 312 g/mol. The second-order valence-electron chi connectivity index (χ2n) is 6.66. The predicted octanol–water partition coefficient (Wildman–Crippen LogP) is 1.73. The van der Waals surface area contributed by atoms with Gasteiger partial charge in [-0.05, 0) is 37.8 Å². The number of benzene rings is 1. The molecular formula is C17H26N2O3S. The molecule has 2 N–H and O–H groups in total. The highest BCUT2D eigenvalue weighted by Crippen LogP contribution is 2.26. The summed E-state index contributed by atoms with van der Waals surface area (Å²) in [5.74, 6) is 0. The van der Waals surface area contributed by atoms with Gasteiger partial charge in [0.2, 0.25) is 10.0 Å². The Hall–Kier alpha value is -0.950. The van der Waals surface area contributed by atoms with Crippen molar-refractivity contribution in [3.8, 4) is 0 Å². The van der Waals surface area contributed by atoms with E-state index in [2.05, 4.69) is 9.62 Å². The third-order valence-corrected chi connectivity index (χ3v) is 6.60. The summed E-state index contributed by atoms with van der Waals surface area (Å²) in [4.78, 5) is 2.67. The molecule has 1 aromatic rings. The van der Waals surface area contributed by atoms with Gasteiger partial charge in [0.1, 0.15) is 0 Å². The van der Waals surface area contributed by atoms with Crippen molar-refractivity contribution in [3.63, 3.8) is 0 Å². The molecule has 6 heteroatoms. The maximum Gasteiger partial charge on any atom is 0.240 e. The SMILES string of the molecule is O=S(=O)(NC1CCN(C2CCCCC2O)CC1)c1ccccc1. The van der Waals surface area contributed by atoms with E-state index in [1.807, 2.05) is 6.07 Å². The number of likely N-dealkylation sites (tertiary alicyclic amines) is 1. The third kappa shape index (κ3) is 4.12. The Balaban J connectivity index is 1.55. The lowest BCUT2D eigenvalue weighted by Crippen LogP contribution is -2.52. The summed E-state index contributed by atoms with van der Waals surface area (Å²) >= 11 is 0. The first-order chi connectivity index (χ1) is 11.1. The maximum absolute atomic E-state index is 12.4. The van der Waals surface area contributed by atoms with Crippen LogP contribution in [0.1, 0.15) is 38.5 Å². The lowest BCUT2D eigenvalue weighted by atomic mass is 9.90. The van der Waals surface area contributed by atoms with Crippen molar-refractivity contribution in [1.29, 1.82) is 0 Å². The molecule has 0 bridgehead atoms. The van der Waals surface area contributed by atoms with Crippen molar-refractivity contribution in [1.82, 2.24) is 9.62 Å². The molecule has 1 aliphatic carbocycles. The Labute approximate surface area is 138 Å². The van der Waals surface area contributed by atoms with Gasteiger partial charge < -0.3 is 5.11 Å². The van der Waals surface area contributed by atoms with Gasteiger partial charge in [0.25, 0.3) is 0 Å². The van der Waals surface area contributed by atoms with Crippen molar-refractivity contribution in [3.05, 3.63) is 30.3 Å². The van der Waals surface area contributed by atoms with Gasteiger partial charge in [0.15, 0.2) is 0 Å². The maximum atomic E-state index is 12.4. The van der Waals surface area contributed by atoms with Crippen molar-refractivity contribution >= 4 is 10.0 Å². The van der Waals surface area contributed by atoms with Gasteiger partial charge in [-0.1, -0.05) is 31.0 Å². The monoisotopic (exact) mass is 338 g/mol. The average Bonchev–Trinajstić information content (AvgIpc) is 2.57. The van der Waals surface area contributed by atoms with Crippen LogP contribution < -0.4 is 4.72 Å². The van der Waals surface area contributed by atoms with Crippen LogP contribution in [0.3, 0.4) is 0 Å². The van der Waals surface area contributed by atoms with Crippen LogP contribution in [-0.4, -0.2) is 49.7 Å². The number of rotatable bonds is 4. The first-order valence-electron chi connectivity index (χ1n) is 8.56. The fourth-order valence-electron chi connectivity index (χ4n) is 3.75. The highest BCUT2D eigenvalue weighted by molar-refractivity contribution is 7.89. The van der Waals surface area contributed by atoms with Crippen molar-refractivity contribution in [2.75, 3.05) is 13.1 Å². The Kier molecular flexibility index (Phi) is 5.36. The molecule has 0 aromatic heterocycles. The molecule has 1 saturated carbocycles. The van der Waals surface area contributed by atoms with Gasteiger partial charge in [0, 0.05) is 25.2 Å². The average molecular weight is 338 g/mol. The highest BCUT2D eigenvalue weighted by atomic mass is 32.2. The summed E-state index contributed by atoms with van der Waals surface area (Å²) in [5, 5.41) is 10.2. The second kappa shape index (κ2) is 7.30. The molecule has 1 aliphatic heterocycles. The van der Waals surface area contributed by atoms with Gasteiger partial charge in [-0.3, -0.25) is 4.90 Å². The third-order valence-electron chi connectivity index (χ3n) is 5.07. The Morgan fingerprint density at radius 1 is 1.00 bits per heavy atom. The minimum absolute atomic E-state index is 0.0165. The van der Waals surface area contributed by atoms with Crippen LogP contribution in [0.2, 0.25) is 0 Å². The second-order valence-corrected chi connectivity index (χ2v) is 8.38. The summed E-state index contributed by atoms with van der Waals surface area (Å²) in [7, 11) is -3.43. The van der Waals surface area contributed by atoms with Gasteiger partial charge >= 0.3 is 0 Å². The molecule has 0 radical (unpaired) electrons. The molecule has 128 valence electrons. The summed E-state index contributed by atoms with van der Waals surface area (Å²) in [6, 6.07) is 8.77. The molecule has 23 heavy (non-hydrogen) atoms. The summed E-state index contributed by atoms with van der Waals surface area (Å²) in [5.41, 5.74) is 0. The lowest BCUT2D eigenvalue weighted by Gasteiger charge is -2.41. The van der Waals surface area contributed by atoms with Crippen molar-refractivity contribution in [2.45, 2.75) is 61.6 Å². The summed E-state index contributed by atoms with van der Waals surface area (Å²) in [6.45, 7) is 1.70. The smallest absolute Gasteiger partial charge is 0.240 e. The van der Waals surface area contributed by atoms with E-state index in [1.54, 1.807) is 24.3 Å². The zero-order valence-corrected chi connectivity index (χ0v) is 14.2. The highest BCUT2D eigenvalue weighted by Gasteiger charge is 2.32. The largest absolute Gasteiger partial charge is 0.391 e. The minimum Gasteiger partial charge on any atom is -0.391 e. The topological polar surface area (TPSA) is 69.6 Å².